The number of likely N-dealkylation sites (N-methyl/N-ethyl adjacent to an activating group) is 1. The van der Waals surface area contributed by atoms with Crippen LogP contribution in [0.15, 0.2) is 24.5 Å². The molecule has 102 valence electrons. The Kier molecular flexibility index (Phi) is 5.76. The summed E-state index contributed by atoms with van der Waals surface area (Å²) in [7, 11) is 0. The number of pyridine rings is 1. The van der Waals surface area contributed by atoms with E-state index in [0.717, 1.165) is 31.5 Å². The van der Waals surface area contributed by atoms with Crippen LogP contribution in [0.5, 0.6) is 0 Å². The summed E-state index contributed by atoms with van der Waals surface area (Å²) in [6.45, 7) is 11.0. The molecule has 1 unspecified atom stereocenters. The van der Waals surface area contributed by atoms with Gasteiger partial charge in [-0.1, -0.05) is 33.8 Å². The lowest BCUT2D eigenvalue weighted by Gasteiger charge is -2.46. The topological polar surface area (TPSA) is 42.1 Å². The molecule has 0 amide bonds. The van der Waals surface area contributed by atoms with Gasteiger partial charge >= 0.3 is 0 Å². The third kappa shape index (κ3) is 2.73. The van der Waals surface area contributed by atoms with E-state index in [-0.39, 0.29) is 11.6 Å². The maximum absolute atomic E-state index is 6.57. The molecule has 1 aromatic rings. The fourth-order valence-electron chi connectivity index (χ4n) is 3.06. The van der Waals surface area contributed by atoms with Crippen LogP contribution in [0.2, 0.25) is 0 Å². The summed E-state index contributed by atoms with van der Waals surface area (Å²) in [5.41, 5.74) is 7.73. The lowest BCUT2D eigenvalue weighted by molar-refractivity contribution is 0.0624. The van der Waals surface area contributed by atoms with Gasteiger partial charge in [0.25, 0.3) is 0 Å². The number of nitrogens with zero attached hydrogens (tertiary/aromatic N) is 2. The number of aromatic nitrogens is 1. The van der Waals surface area contributed by atoms with E-state index in [0.29, 0.717) is 0 Å². The summed E-state index contributed by atoms with van der Waals surface area (Å²) in [5.74, 6) is 0. The van der Waals surface area contributed by atoms with Gasteiger partial charge in [-0.25, -0.2) is 0 Å². The van der Waals surface area contributed by atoms with Gasteiger partial charge in [-0.3, -0.25) is 9.88 Å². The van der Waals surface area contributed by atoms with Gasteiger partial charge in [0.15, 0.2) is 0 Å². The Morgan fingerprint density at radius 3 is 2.22 bits per heavy atom. The fourth-order valence-corrected chi connectivity index (χ4v) is 3.06. The van der Waals surface area contributed by atoms with E-state index < -0.39 is 0 Å². The summed E-state index contributed by atoms with van der Waals surface area (Å²) in [6, 6.07) is 4.07. The predicted molar refractivity (Wildman–Crippen MR) is 77.4 cm³/mol. The van der Waals surface area contributed by atoms with Crippen LogP contribution in [-0.4, -0.2) is 28.5 Å². The van der Waals surface area contributed by atoms with Gasteiger partial charge in [0, 0.05) is 24.0 Å². The van der Waals surface area contributed by atoms with Crippen molar-refractivity contribution in [1.82, 2.24) is 9.88 Å². The molecule has 0 saturated heterocycles. The largest absolute Gasteiger partial charge is 0.322 e. The Morgan fingerprint density at radius 2 is 1.83 bits per heavy atom. The van der Waals surface area contributed by atoms with Gasteiger partial charge in [-0.15, -0.1) is 0 Å². The van der Waals surface area contributed by atoms with E-state index in [2.05, 4.69) is 43.6 Å². The zero-order chi connectivity index (χ0) is 13.6. The summed E-state index contributed by atoms with van der Waals surface area (Å²) in [6.07, 6.45) is 5.81. The van der Waals surface area contributed by atoms with Crippen molar-refractivity contribution in [1.29, 1.82) is 0 Å². The van der Waals surface area contributed by atoms with Crippen LogP contribution in [0.1, 0.15) is 52.1 Å². The van der Waals surface area contributed by atoms with E-state index in [9.17, 15) is 0 Å². The van der Waals surface area contributed by atoms with Crippen molar-refractivity contribution in [2.45, 2.75) is 52.1 Å². The molecule has 0 spiro atoms. The van der Waals surface area contributed by atoms with Crippen LogP contribution in [0, 0.1) is 0 Å². The highest BCUT2D eigenvalue weighted by Crippen LogP contribution is 2.35. The predicted octanol–water partition coefficient (Wildman–Crippen LogP) is 2.98. The molecule has 1 atom stereocenters. The molecule has 0 radical (unpaired) electrons. The quantitative estimate of drug-likeness (QED) is 0.808. The maximum atomic E-state index is 6.57. The van der Waals surface area contributed by atoms with Gasteiger partial charge in [-0.2, -0.15) is 0 Å². The smallest absolute Gasteiger partial charge is 0.0497 e. The second-order valence-electron chi connectivity index (χ2n) is 4.75. The molecule has 0 aliphatic rings. The third-order valence-corrected chi connectivity index (χ3v) is 4.24. The van der Waals surface area contributed by atoms with Gasteiger partial charge in [0.2, 0.25) is 0 Å². The molecule has 3 nitrogen and oxygen atoms in total. The van der Waals surface area contributed by atoms with Crippen LogP contribution >= 0.6 is 0 Å². The number of nitrogens with two attached hydrogens (primary N) is 1. The lowest BCUT2D eigenvalue weighted by Crippen LogP contribution is -2.54. The number of rotatable bonds is 7. The summed E-state index contributed by atoms with van der Waals surface area (Å²) in [5, 5.41) is 0. The van der Waals surface area contributed by atoms with Crippen molar-refractivity contribution < 1.29 is 0 Å². The number of hydrogen-bond donors (Lipinski definition) is 1. The first kappa shape index (κ1) is 15.1. The normalized spacial score (nSPS) is 13.9. The molecule has 0 aromatic carbocycles. The Labute approximate surface area is 111 Å². The highest BCUT2D eigenvalue weighted by molar-refractivity contribution is 5.19. The van der Waals surface area contributed by atoms with Gasteiger partial charge in [0.05, 0.1) is 0 Å². The van der Waals surface area contributed by atoms with E-state index in [1.165, 1.54) is 0 Å². The van der Waals surface area contributed by atoms with Crippen LogP contribution < -0.4 is 5.73 Å². The van der Waals surface area contributed by atoms with E-state index in [1.807, 2.05) is 12.3 Å². The second-order valence-corrected chi connectivity index (χ2v) is 4.75. The maximum Gasteiger partial charge on any atom is 0.0497 e. The zero-order valence-electron chi connectivity index (χ0n) is 12.2. The minimum absolute atomic E-state index is 0.0149. The first-order valence-corrected chi connectivity index (χ1v) is 7.06. The third-order valence-electron chi connectivity index (χ3n) is 4.24. The minimum atomic E-state index is 0.0149. The standard InChI is InChI=1S/C15H27N3/c1-5-15(6-2,18(7-3)8-4)14(16)13-10-9-11-17-12-13/h9-12,14H,5-8,16H2,1-4H3. The molecule has 1 rings (SSSR count). The second kappa shape index (κ2) is 6.86. The van der Waals surface area contributed by atoms with Crippen LogP contribution in [-0.2, 0) is 0 Å². The lowest BCUT2D eigenvalue weighted by atomic mass is 9.80. The van der Waals surface area contributed by atoms with Crippen molar-refractivity contribution in [3.63, 3.8) is 0 Å². The Morgan fingerprint density at radius 1 is 1.22 bits per heavy atom. The van der Waals surface area contributed by atoms with Crippen molar-refractivity contribution >= 4 is 0 Å². The first-order chi connectivity index (χ1) is 8.66. The average Bonchev–Trinajstić information content (AvgIpc) is 2.45. The SMILES string of the molecule is CCN(CC)C(CC)(CC)C(N)c1cccnc1. The molecular formula is C15H27N3. The molecule has 1 heterocycles. The number of hydrogen-bond acceptors (Lipinski definition) is 3. The summed E-state index contributed by atoms with van der Waals surface area (Å²) in [4.78, 5) is 6.69. The summed E-state index contributed by atoms with van der Waals surface area (Å²) < 4.78 is 0. The van der Waals surface area contributed by atoms with Crippen molar-refractivity contribution in [2.75, 3.05) is 13.1 Å². The monoisotopic (exact) mass is 249 g/mol. The highest BCUT2D eigenvalue weighted by Gasteiger charge is 2.38. The zero-order valence-corrected chi connectivity index (χ0v) is 12.2. The highest BCUT2D eigenvalue weighted by atomic mass is 15.2. The van der Waals surface area contributed by atoms with Crippen molar-refractivity contribution in [3.05, 3.63) is 30.1 Å². The van der Waals surface area contributed by atoms with Gasteiger partial charge < -0.3 is 5.73 Å². The molecule has 18 heavy (non-hydrogen) atoms. The average molecular weight is 249 g/mol. The molecule has 0 fully saturated rings. The van der Waals surface area contributed by atoms with E-state index in [4.69, 9.17) is 5.73 Å². The molecule has 0 saturated carbocycles. The Hall–Kier alpha value is -0.930. The molecule has 0 aliphatic carbocycles. The molecule has 1 aromatic heterocycles. The van der Waals surface area contributed by atoms with Crippen molar-refractivity contribution in [2.24, 2.45) is 5.73 Å². The van der Waals surface area contributed by atoms with Gasteiger partial charge in [0.1, 0.15) is 0 Å². The molecule has 0 aliphatic heterocycles. The Balaban J connectivity index is 3.11. The van der Waals surface area contributed by atoms with Crippen LogP contribution in [0.3, 0.4) is 0 Å². The van der Waals surface area contributed by atoms with E-state index in [1.54, 1.807) is 6.20 Å². The minimum Gasteiger partial charge on any atom is -0.322 e. The van der Waals surface area contributed by atoms with Gasteiger partial charge in [-0.05, 0) is 37.6 Å². The Bertz CT molecular complexity index is 329. The molecule has 2 N–H and O–H groups in total. The van der Waals surface area contributed by atoms with Crippen molar-refractivity contribution in [3.8, 4) is 0 Å². The fraction of sp³-hybridized carbons (Fsp3) is 0.667. The summed E-state index contributed by atoms with van der Waals surface area (Å²) >= 11 is 0. The van der Waals surface area contributed by atoms with E-state index >= 15 is 0 Å². The molecule has 0 bridgehead atoms. The van der Waals surface area contributed by atoms with Crippen LogP contribution in [0.4, 0.5) is 0 Å². The molecular weight excluding hydrogens is 222 g/mol. The van der Waals surface area contributed by atoms with Crippen LogP contribution in [0.25, 0.3) is 0 Å². The molecule has 3 heteroatoms. The first-order valence-electron chi connectivity index (χ1n) is 7.06.